The van der Waals surface area contributed by atoms with E-state index in [9.17, 15) is 22.8 Å². The first-order chi connectivity index (χ1) is 9.34. The monoisotopic (exact) mass is 287 g/mol. The molecule has 108 valence electrons. The Morgan fingerprint density at radius 2 is 1.85 bits per heavy atom. The van der Waals surface area contributed by atoms with Crippen LogP contribution in [0.25, 0.3) is 0 Å². The highest BCUT2D eigenvalue weighted by molar-refractivity contribution is 5.95. The zero-order chi connectivity index (χ0) is 15.2. The molecule has 1 aromatic carbocycles. The van der Waals surface area contributed by atoms with E-state index in [1.807, 2.05) is 0 Å². The van der Waals surface area contributed by atoms with Gasteiger partial charge in [-0.05, 0) is 12.5 Å². The molecule has 0 heterocycles. The van der Waals surface area contributed by atoms with Gasteiger partial charge in [-0.25, -0.2) is 4.79 Å². The number of allylic oxidation sites excluding steroid dienone is 1. The molecule has 1 amide bonds. The maximum Gasteiger partial charge on any atom is 0.471 e. The van der Waals surface area contributed by atoms with E-state index < -0.39 is 23.7 Å². The van der Waals surface area contributed by atoms with Gasteiger partial charge in [0, 0.05) is 0 Å². The second kappa shape index (κ2) is 6.74. The van der Waals surface area contributed by atoms with Gasteiger partial charge in [-0.15, -0.1) is 0 Å². The van der Waals surface area contributed by atoms with Gasteiger partial charge in [-0.2, -0.15) is 13.2 Å². The van der Waals surface area contributed by atoms with Gasteiger partial charge in [0.2, 0.25) is 0 Å². The number of alkyl halides is 3. The second-order valence-electron chi connectivity index (χ2n) is 3.72. The van der Waals surface area contributed by atoms with Gasteiger partial charge < -0.3 is 10.1 Å². The molecular weight excluding hydrogens is 275 g/mol. The first kappa shape index (κ1) is 15.7. The molecule has 0 aromatic heterocycles. The number of benzene rings is 1. The number of carbonyl (C=O) groups excluding carboxylic acids is 2. The number of rotatable bonds is 4. The van der Waals surface area contributed by atoms with Gasteiger partial charge in [-0.1, -0.05) is 36.4 Å². The first-order valence-electron chi connectivity index (χ1n) is 5.60. The van der Waals surface area contributed by atoms with Crippen molar-refractivity contribution < 1.29 is 27.5 Å². The van der Waals surface area contributed by atoms with Gasteiger partial charge >= 0.3 is 18.1 Å². The fourth-order valence-electron chi connectivity index (χ4n) is 1.24. The van der Waals surface area contributed by atoms with Crippen LogP contribution in [0, 0.1) is 0 Å². The van der Waals surface area contributed by atoms with Crippen molar-refractivity contribution in [3.8, 4) is 0 Å². The van der Waals surface area contributed by atoms with Crippen LogP contribution in [0.2, 0.25) is 0 Å². The highest BCUT2D eigenvalue weighted by Gasteiger charge is 2.39. The van der Waals surface area contributed by atoms with Crippen molar-refractivity contribution in [2.45, 2.75) is 19.7 Å². The van der Waals surface area contributed by atoms with E-state index in [4.69, 9.17) is 4.74 Å². The molecule has 1 aromatic rings. The molecule has 0 radical (unpaired) electrons. The minimum atomic E-state index is -5.06. The number of nitrogens with one attached hydrogen (secondary N) is 1. The summed E-state index contributed by atoms with van der Waals surface area (Å²) in [5.41, 5.74) is 0.127. The fourth-order valence-corrected chi connectivity index (χ4v) is 1.24. The average Bonchev–Trinajstić information content (AvgIpc) is 2.41. The fraction of sp³-hybridized carbons (Fsp3) is 0.231. The third-order valence-electron chi connectivity index (χ3n) is 2.23. The number of halogens is 3. The third kappa shape index (κ3) is 4.75. The SMILES string of the molecule is C/C=C(\NC(=O)C(F)(F)F)C(=O)OCc1ccccc1. The molecule has 0 saturated carbocycles. The van der Waals surface area contributed by atoms with Crippen LogP contribution in [-0.4, -0.2) is 18.1 Å². The van der Waals surface area contributed by atoms with Crippen LogP contribution in [-0.2, 0) is 20.9 Å². The highest BCUT2D eigenvalue weighted by atomic mass is 19.4. The quantitative estimate of drug-likeness (QED) is 0.683. The Kier molecular flexibility index (Phi) is 5.31. The number of hydrogen-bond donors (Lipinski definition) is 1. The topological polar surface area (TPSA) is 55.4 Å². The third-order valence-corrected chi connectivity index (χ3v) is 2.23. The largest absolute Gasteiger partial charge is 0.471 e. The summed E-state index contributed by atoms with van der Waals surface area (Å²) in [7, 11) is 0. The Balaban J connectivity index is 2.59. The Hall–Kier alpha value is -2.31. The summed E-state index contributed by atoms with van der Waals surface area (Å²) >= 11 is 0. The van der Waals surface area contributed by atoms with Gasteiger partial charge in [0.15, 0.2) is 0 Å². The van der Waals surface area contributed by atoms with Crippen LogP contribution < -0.4 is 5.32 Å². The van der Waals surface area contributed by atoms with Gasteiger partial charge in [-0.3, -0.25) is 4.79 Å². The summed E-state index contributed by atoms with van der Waals surface area (Å²) in [5, 5.41) is 1.47. The number of amides is 1. The van der Waals surface area contributed by atoms with E-state index in [1.54, 1.807) is 30.3 Å². The summed E-state index contributed by atoms with van der Waals surface area (Å²) in [6.07, 6.45) is -4.02. The smallest absolute Gasteiger partial charge is 0.456 e. The Morgan fingerprint density at radius 1 is 1.25 bits per heavy atom. The molecule has 0 spiro atoms. The Labute approximate surface area is 113 Å². The van der Waals surface area contributed by atoms with Gasteiger partial charge in [0.25, 0.3) is 0 Å². The molecule has 0 atom stereocenters. The maximum atomic E-state index is 12.1. The van der Waals surface area contributed by atoms with Crippen LogP contribution in [0.3, 0.4) is 0 Å². The minimum absolute atomic E-state index is 0.0983. The van der Waals surface area contributed by atoms with E-state index >= 15 is 0 Å². The standard InChI is InChI=1S/C13H12F3NO3/c1-2-10(17-12(19)13(14,15)16)11(18)20-8-9-6-4-3-5-7-9/h2-7H,8H2,1H3,(H,17,19)/b10-2-. The predicted octanol–water partition coefficient (Wildman–Crippen LogP) is 2.31. The van der Waals surface area contributed by atoms with Crippen molar-refractivity contribution in [1.29, 1.82) is 0 Å². The predicted molar refractivity (Wildman–Crippen MR) is 64.2 cm³/mol. The van der Waals surface area contributed by atoms with Crippen molar-refractivity contribution >= 4 is 11.9 Å². The van der Waals surface area contributed by atoms with E-state index in [0.717, 1.165) is 6.08 Å². The van der Waals surface area contributed by atoms with Crippen molar-refractivity contribution in [3.63, 3.8) is 0 Å². The lowest BCUT2D eigenvalue weighted by molar-refractivity contribution is -0.173. The molecule has 1 rings (SSSR count). The first-order valence-corrected chi connectivity index (χ1v) is 5.60. The molecule has 0 aliphatic rings. The molecule has 0 bridgehead atoms. The van der Waals surface area contributed by atoms with E-state index in [-0.39, 0.29) is 6.61 Å². The van der Waals surface area contributed by atoms with Crippen LogP contribution in [0.15, 0.2) is 42.1 Å². The molecule has 0 unspecified atom stereocenters. The molecule has 7 heteroatoms. The van der Waals surface area contributed by atoms with Crippen LogP contribution in [0.5, 0.6) is 0 Å². The number of carbonyl (C=O) groups is 2. The van der Waals surface area contributed by atoms with Gasteiger partial charge in [0.05, 0.1) is 0 Å². The zero-order valence-electron chi connectivity index (χ0n) is 10.5. The molecular formula is C13H12F3NO3. The molecule has 4 nitrogen and oxygen atoms in total. The Bertz CT molecular complexity index is 509. The lowest BCUT2D eigenvalue weighted by Gasteiger charge is -2.11. The normalized spacial score (nSPS) is 11.9. The Morgan fingerprint density at radius 3 is 2.35 bits per heavy atom. The number of esters is 1. The average molecular weight is 287 g/mol. The van der Waals surface area contributed by atoms with Crippen LogP contribution in [0.4, 0.5) is 13.2 Å². The molecule has 0 aliphatic carbocycles. The summed E-state index contributed by atoms with van der Waals surface area (Å²) in [6.45, 7) is 1.22. The molecule has 20 heavy (non-hydrogen) atoms. The van der Waals surface area contributed by atoms with Crippen LogP contribution in [0.1, 0.15) is 12.5 Å². The lowest BCUT2D eigenvalue weighted by Crippen LogP contribution is -2.38. The summed E-state index contributed by atoms with van der Waals surface area (Å²) in [6, 6.07) is 8.61. The summed E-state index contributed by atoms with van der Waals surface area (Å²) < 4.78 is 41.0. The van der Waals surface area contributed by atoms with Crippen molar-refractivity contribution in [1.82, 2.24) is 5.32 Å². The maximum absolute atomic E-state index is 12.1. The lowest BCUT2D eigenvalue weighted by atomic mass is 10.2. The molecule has 0 fully saturated rings. The van der Waals surface area contributed by atoms with Crippen molar-refractivity contribution in [3.05, 3.63) is 47.7 Å². The second-order valence-corrected chi connectivity index (χ2v) is 3.72. The molecule has 1 N–H and O–H groups in total. The van der Waals surface area contributed by atoms with E-state index in [2.05, 4.69) is 0 Å². The van der Waals surface area contributed by atoms with E-state index in [0.29, 0.717) is 5.56 Å². The minimum Gasteiger partial charge on any atom is -0.456 e. The highest BCUT2D eigenvalue weighted by Crippen LogP contribution is 2.15. The molecule has 0 saturated heterocycles. The van der Waals surface area contributed by atoms with Gasteiger partial charge in [0.1, 0.15) is 12.3 Å². The summed E-state index contributed by atoms with van der Waals surface area (Å²) in [5.74, 6) is -3.25. The van der Waals surface area contributed by atoms with Crippen LogP contribution >= 0.6 is 0 Å². The van der Waals surface area contributed by atoms with Crippen molar-refractivity contribution in [2.75, 3.05) is 0 Å². The number of hydrogen-bond acceptors (Lipinski definition) is 3. The van der Waals surface area contributed by atoms with Crippen molar-refractivity contribution in [2.24, 2.45) is 0 Å². The molecule has 0 aliphatic heterocycles. The number of ether oxygens (including phenoxy) is 1. The van der Waals surface area contributed by atoms with E-state index in [1.165, 1.54) is 12.2 Å². The zero-order valence-corrected chi connectivity index (χ0v) is 10.5. The summed E-state index contributed by atoms with van der Waals surface area (Å²) in [4.78, 5) is 22.3.